The zero-order valence-electron chi connectivity index (χ0n) is 7.53. The lowest BCUT2D eigenvalue weighted by Gasteiger charge is -2.14. The van der Waals surface area contributed by atoms with E-state index < -0.39 is 0 Å². The number of hydrogen-bond acceptors (Lipinski definition) is 1. The van der Waals surface area contributed by atoms with Crippen LogP contribution in [0.5, 0.6) is 0 Å². The number of piperidine rings is 1. The van der Waals surface area contributed by atoms with E-state index in [4.69, 9.17) is 0 Å². The second-order valence-electron chi connectivity index (χ2n) is 3.25. The van der Waals surface area contributed by atoms with Crippen LogP contribution in [-0.2, 0) is 0 Å². The molecule has 0 aromatic heterocycles. The van der Waals surface area contributed by atoms with Crippen LogP contribution in [-0.4, -0.2) is 13.1 Å². The average Bonchev–Trinajstić information content (AvgIpc) is 2.07. The monoisotopic (exact) mass is 153 g/mol. The normalized spacial score (nSPS) is 18.5. The van der Waals surface area contributed by atoms with Crippen LogP contribution in [0.25, 0.3) is 0 Å². The van der Waals surface area contributed by atoms with Crippen LogP contribution < -0.4 is 5.32 Å². The van der Waals surface area contributed by atoms with Gasteiger partial charge in [-0.3, -0.25) is 0 Å². The molecule has 0 aromatic carbocycles. The summed E-state index contributed by atoms with van der Waals surface area (Å²) in [6.07, 6.45) is 8.99. The highest BCUT2D eigenvalue weighted by Crippen LogP contribution is 2.11. The Labute approximate surface area is 69.9 Å². The first-order valence-corrected chi connectivity index (χ1v) is 4.82. The fourth-order valence-electron chi connectivity index (χ4n) is 1.46. The van der Waals surface area contributed by atoms with Gasteiger partial charge in [-0.25, -0.2) is 0 Å². The van der Waals surface area contributed by atoms with Gasteiger partial charge in [-0.1, -0.05) is 31.4 Å². The summed E-state index contributed by atoms with van der Waals surface area (Å²) < 4.78 is 0. The largest absolute Gasteiger partial charge is 0.316 e. The standard InChI is InChI=1S/C10H19N/c1-2-3-4-5-10-6-8-11-9-7-10/h5,11H,2-4,6-9H2,1H3. The number of rotatable bonds is 3. The van der Waals surface area contributed by atoms with Crippen molar-refractivity contribution < 1.29 is 0 Å². The molecule has 1 nitrogen and oxygen atoms in total. The van der Waals surface area contributed by atoms with Crippen LogP contribution in [0, 0.1) is 0 Å². The van der Waals surface area contributed by atoms with Crippen molar-refractivity contribution in [2.45, 2.75) is 39.0 Å². The van der Waals surface area contributed by atoms with Crippen LogP contribution in [0.4, 0.5) is 0 Å². The smallest absolute Gasteiger partial charge is 0.00115 e. The third kappa shape index (κ3) is 3.57. The third-order valence-corrected chi connectivity index (χ3v) is 2.24. The zero-order valence-corrected chi connectivity index (χ0v) is 7.53. The minimum absolute atomic E-state index is 1.19. The van der Waals surface area contributed by atoms with E-state index in [9.17, 15) is 0 Å². The predicted molar refractivity (Wildman–Crippen MR) is 49.7 cm³/mol. The number of nitrogens with one attached hydrogen (secondary N) is 1. The van der Waals surface area contributed by atoms with Crippen LogP contribution in [0.2, 0.25) is 0 Å². The topological polar surface area (TPSA) is 12.0 Å². The van der Waals surface area contributed by atoms with Gasteiger partial charge in [-0.15, -0.1) is 0 Å². The summed E-state index contributed by atoms with van der Waals surface area (Å²) in [5.41, 5.74) is 1.68. The summed E-state index contributed by atoms with van der Waals surface area (Å²) in [6.45, 7) is 4.64. The van der Waals surface area contributed by atoms with Crippen molar-refractivity contribution >= 4 is 0 Å². The molecule has 0 unspecified atom stereocenters. The summed E-state index contributed by atoms with van der Waals surface area (Å²) in [5.74, 6) is 0. The molecular weight excluding hydrogens is 134 g/mol. The second-order valence-corrected chi connectivity index (χ2v) is 3.25. The van der Waals surface area contributed by atoms with Gasteiger partial charge in [0.25, 0.3) is 0 Å². The van der Waals surface area contributed by atoms with Crippen LogP contribution in [0.1, 0.15) is 39.0 Å². The van der Waals surface area contributed by atoms with Crippen molar-refractivity contribution in [1.82, 2.24) is 5.32 Å². The van der Waals surface area contributed by atoms with E-state index in [2.05, 4.69) is 18.3 Å². The van der Waals surface area contributed by atoms with E-state index in [-0.39, 0.29) is 0 Å². The van der Waals surface area contributed by atoms with Crippen molar-refractivity contribution in [2.75, 3.05) is 13.1 Å². The molecule has 11 heavy (non-hydrogen) atoms. The molecule has 1 rings (SSSR count). The molecule has 1 N–H and O–H groups in total. The Hall–Kier alpha value is -0.300. The molecule has 1 aliphatic rings. The van der Waals surface area contributed by atoms with Crippen molar-refractivity contribution in [3.8, 4) is 0 Å². The molecule has 1 saturated heterocycles. The first-order chi connectivity index (χ1) is 5.43. The summed E-state index contributed by atoms with van der Waals surface area (Å²) in [4.78, 5) is 0. The Bertz CT molecular complexity index is 119. The first-order valence-electron chi connectivity index (χ1n) is 4.82. The van der Waals surface area contributed by atoms with E-state index in [1.165, 1.54) is 45.2 Å². The molecule has 0 radical (unpaired) electrons. The first kappa shape index (κ1) is 8.79. The van der Waals surface area contributed by atoms with E-state index in [0.29, 0.717) is 0 Å². The Morgan fingerprint density at radius 2 is 2.09 bits per heavy atom. The Kier molecular flexibility index (Phi) is 4.29. The molecule has 0 spiro atoms. The minimum Gasteiger partial charge on any atom is -0.316 e. The van der Waals surface area contributed by atoms with Gasteiger partial charge in [0.1, 0.15) is 0 Å². The van der Waals surface area contributed by atoms with Crippen LogP contribution in [0.15, 0.2) is 11.6 Å². The lowest BCUT2D eigenvalue weighted by molar-refractivity contribution is 0.605. The molecule has 0 bridgehead atoms. The third-order valence-electron chi connectivity index (χ3n) is 2.24. The van der Waals surface area contributed by atoms with Gasteiger partial charge >= 0.3 is 0 Å². The SMILES string of the molecule is CCCCC=C1CCNCC1. The molecule has 0 aliphatic carbocycles. The maximum absolute atomic E-state index is 3.36. The zero-order chi connectivity index (χ0) is 7.94. The Morgan fingerprint density at radius 3 is 2.73 bits per heavy atom. The summed E-state index contributed by atoms with van der Waals surface area (Å²) in [7, 11) is 0. The predicted octanol–water partition coefficient (Wildman–Crippen LogP) is 2.49. The highest BCUT2D eigenvalue weighted by atomic mass is 14.9. The maximum atomic E-state index is 3.36. The Morgan fingerprint density at radius 1 is 1.36 bits per heavy atom. The van der Waals surface area contributed by atoms with Gasteiger partial charge in [0.2, 0.25) is 0 Å². The fourth-order valence-corrected chi connectivity index (χ4v) is 1.46. The van der Waals surface area contributed by atoms with Gasteiger partial charge in [-0.05, 0) is 32.4 Å². The van der Waals surface area contributed by atoms with E-state index in [1.54, 1.807) is 5.57 Å². The summed E-state index contributed by atoms with van der Waals surface area (Å²) >= 11 is 0. The number of hydrogen-bond donors (Lipinski definition) is 1. The molecule has 0 aromatic rings. The van der Waals surface area contributed by atoms with E-state index in [1.807, 2.05) is 0 Å². The van der Waals surface area contributed by atoms with Gasteiger partial charge in [0, 0.05) is 0 Å². The van der Waals surface area contributed by atoms with Gasteiger partial charge in [0.15, 0.2) is 0 Å². The van der Waals surface area contributed by atoms with Crippen molar-refractivity contribution in [3.05, 3.63) is 11.6 Å². The van der Waals surface area contributed by atoms with Crippen molar-refractivity contribution in [3.63, 3.8) is 0 Å². The van der Waals surface area contributed by atoms with Gasteiger partial charge in [0.05, 0.1) is 0 Å². The minimum atomic E-state index is 1.19. The molecule has 0 saturated carbocycles. The highest BCUT2D eigenvalue weighted by Gasteiger charge is 2.02. The summed E-state index contributed by atoms with van der Waals surface area (Å²) in [6, 6.07) is 0. The maximum Gasteiger partial charge on any atom is -0.00115 e. The van der Waals surface area contributed by atoms with Crippen molar-refractivity contribution in [2.24, 2.45) is 0 Å². The quantitative estimate of drug-likeness (QED) is 0.485. The number of unbranched alkanes of at least 4 members (excludes halogenated alkanes) is 2. The van der Waals surface area contributed by atoms with Crippen LogP contribution in [0.3, 0.4) is 0 Å². The lowest BCUT2D eigenvalue weighted by Crippen LogP contribution is -2.22. The van der Waals surface area contributed by atoms with Gasteiger partial charge in [-0.2, -0.15) is 0 Å². The molecular formula is C10H19N. The highest BCUT2D eigenvalue weighted by molar-refractivity contribution is 5.05. The molecule has 1 aliphatic heterocycles. The summed E-state index contributed by atoms with van der Waals surface area (Å²) in [5, 5.41) is 3.36. The molecule has 1 fully saturated rings. The lowest BCUT2D eigenvalue weighted by atomic mass is 10.0. The second kappa shape index (κ2) is 5.36. The molecule has 64 valence electrons. The molecule has 1 heteroatoms. The molecule has 0 amide bonds. The Balaban J connectivity index is 2.15. The number of allylic oxidation sites excluding steroid dienone is 1. The van der Waals surface area contributed by atoms with E-state index in [0.717, 1.165) is 0 Å². The van der Waals surface area contributed by atoms with E-state index >= 15 is 0 Å². The fraction of sp³-hybridized carbons (Fsp3) is 0.800. The molecule has 1 heterocycles. The van der Waals surface area contributed by atoms with Crippen molar-refractivity contribution in [1.29, 1.82) is 0 Å². The average molecular weight is 153 g/mol. The van der Waals surface area contributed by atoms with Gasteiger partial charge < -0.3 is 5.32 Å². The molecule has 0 atom stereocenters. The van der Waals surface area contributed by atoms with Crippen LogP contribution >= 0.6 is 0 Å².